The molecule has 0 saturated carbocycles. The third-order valence-corrected chi connectivity index (χ3v) is 4.02. The van der Waals surface area contributed by atoms with Gasteiger partial charge in [0, 0.05) is 4.92 Å². The highest BCUT2D eigenvalue weighted by atomic mass is 16.6. The lowest BCUT2D eigenvalue weighted by Crippen LogP contribution is -2.25. The minimum Gasteiger partial charge on any atom is -0.394 e. The number of hydrogen-bond acceptors (Lipinski definition) is 4. The molecule has 0 aliphatic carbocycles. The van der Waals surface area contributed by atoms with Gasteiger partial charge in [0.1, 0.15) is 0 Å². The Morgan fingerprint density at radius 2 is 1.70 bits per heavy atom. The lowest BCUT2D eigenvalue weighted by atomic mass is 9.88. The van der Waals surface area contributed by atoms with Crippen LogP contribution >= 0.6 is 0 Å². The van der Waals surface area contributed by atoms with Crippen LogP contribution in [0, 0.1) is 16.7 Å². The van der Waals surface area contributed by atoms with Gasteiger partial charge in [-0.1, -0.05) is 42.5 Å². The van der Waals surface area contributed by atoms with Crippen molar-refractivity contribution in [1.82, 2.24) is 0 Å². The number of aliphatic hydroxyl groups excluding tert-OH is 2. The van der Waals surface area contributed by atoms with Crippen LogP contribution in [0.3, 0.4) is 0 Å². The lowest BCUT2D eigenvalue weighted by Gasteiger charge is -2.19. The van der Waals surface area contributed by atoms with Crippen molar-refractivity contribution >= 4 is 21.5 Å². The van der Waals surface area contributed by atoms with E-state index in [1.165, 1.54) is 0 Å². The summed E-state index contributed by atoms with van der Waals surface area (Å²) in [4.78, 5) is 10.3. The van der Waals surface area contributed by atoms with E-state index in [1.54, 1.807) is 12.1 Å². The SMILES string of the molecule is O=[N+]([O-])[CH]C(c1cccc2cc3ccccc3cc12)C(O)CO. The highest BCUT2D eigenvalue weighted by Crippen LogP contribution is 2.32. The molecular weight excluding hydrogens is 294 g/mol. The van der Waals surface area contributed by atoms with Crippen LogP contribution in [0.1, 0.15) is 11.5 Å². The standard InChI is InChI=1S/C18H16NO4/c20-11-18(21)17(10-19(22)23)15-7-3-6-14-8-12-4-1-2-5-13(12)9-16(14)15/h1-10,17-18,20-21H,11H2. The monoisotopic (exact) mass is 310 g/mol. The maximum atomic E-state index is 10.9. The van der Waals surface area contributed by atoms with Crippen molar-refractivity contribution in [3.8, 4) is 0 Å². The predicted octanol–water partition coefficient (Wildman–Crippen LogP) is 2.87. The van der Waals surface area contributed by atoms with Gasteiger partial charge in [-0.2, -0.15) is 0 Å². The molecule has 2 unspecified atom stereocenters. The number of hydrogen-bond donors (Lipinski definition) is 2. The molecule has 3 aromatic rings. The molecule has 0 aliphatic heterocycles. The Hall–Kier alpha value is -2.50. The number of nitrogens with zero attached hydrogens (tertiary/aromatic N) is 1. The molecule has 23 heavy (non-hydrogen) atoms. The van der Waals surface area contributed by atoms with Crippen LogP contribution in [0.2, 0.25) is 0 Å². The molecule has 1 radical (unpaired) electrons. The predicted molar refractivity (Wildman–Crippen MR) is 88.6 cm³/mol. The first kappa shape index (κ1) is 15.4. The van der Waals surface area contributed by atoms with Crippen molar-refractivity contribution in [2.75, 3.05) is 6.61 Å². The van der Waals surface area contributed by atoms with Gasteiger partial charge in [-0.25, -0.2) is 0 Å². The summed E-state index contributed by atoms with van der Waals surface area (Å²) < 4.78 is 0. The second-order valence-corrected chi connectivity index (χ2v) is 5.48. The Morgan fingerprint density at radius 3 is 2.35 bits per heavy atom. The van der Waals surface area contributed by atoms with E-state index in [9.17, 15) is 20.3 Å². The van der Waals surface area contributed by atoms with E-state index in [0.29, 0.717) is 5.56 Å². The van der Waals surface area contributed by atoms with Crippen LogP contribution in [-0.2, 0) is 0 Å². The Bertz CT molecular complexity index is 862. The summed E-state index contributed by atoms with van der Waals surface area (Å²) in [5.41, 5.74) is 0.631. The number of benzene rings is 3. The van der Waals surface area contributed by atoms with Gasteiger partial charge in [0.05, 0.1) is 18.6 Å². The van der Waals surface area contributed by atoms with Gasteiger partial charge in [-0.15, -0.1) is 0 Å². The zero-order valence-electron chi connectivity index (χ0n) is 12.3. The van der Waals surface area contributed by atoms with E-state index >= 15 is 0 Å². The van der Waals surface area contributed by atoms with Crippen LogP contribution in [0.4, 0.5) is 0 Å². The van der Waals surface area contributed by atoms with E-state index in [2.05, 4.69) is 0 Å². The molecule has 0 amide bonds. The van der Waals surface area contributed by atoms with E-state index in [1.807, 2.05) is 42.5 Å². The molecule has 0 heterocycles. The fourth-order valence-electron chi connectivity index (χ4n) is 2.91. The first-order valence-electron chi connectivity index (χ1n) is 7.29. The van der Waals surface area contributed by atoms with Gasteiger partial charge in [-0.3, -0.25) is 10.1 Å². The van der Waals surface area contributed by atoms with Gasteiger partial charge in [-0.05, 0) is 39.2 Å². The Morgan fingerprint density at radius 1 is 1.04 bits per heavy atom. The van der Waals surface area contributed by atoms with Gasteiger partial charge >= 0.3 is 0 Å². The molecule has 5 nitrogen and oxygen atoms in total. The van der Waals surface area contributed by atoms with E-state index in [-0.39, 0.29) is 0 Å². The summed E-state index contributed by atoms with van der Waals surface area (Å²) in [7, 11) is 0. The van der Waals surface area contributed by atoms with Gasteiger partial charge < -0.3 is 10.2 Å². The fraction of sp³-hybridized carbons (Fsp3) is 0.167. The molecule has 117 valence electrons. The van der Waals surface area contributed by atoms with Gasteiger partial charge in [0.2, 0.25) is 0 Å². The summed E-state index contributed by atoms with van der Waals surface area (Å²) in [6, 6.07) is 17.3. The molecule has 0 saturated heterocycles. The fourth-order valence-corrected chi connectivity index (χ4v) is 2.91. The largest absolute Gasteiger partial charge is 0.394 e. The molecule has 5 heteroatoms. The molecule has 0 spiro atoms. The van der Waals surface area contributed by atoms with Crippen molar-refractivity contribution in [2.45, 2.75) is 12.0 Å². The second kappa shape index (κ2) is 6.32. The molecular formula is C18H16NO4. The van der Waals surface area contributed by atoms with Crippen LogP contribution in [0.5, 0.6) is 0 Å². The number of rotatable bonds is 5. The second-order valence-electron chi connectivity index (χ2n) is 5.48. The Balaban J connectivity index is 2.22. The zero-order valence-corrected chi connectivity index (χ0v) is 12.3. The topological polar surface area (TPSA) is 83.6 Å². The Kier molecular flexibility index (Phi) is 4.23. The molecule has 3 rings (SSSR count). The van der Waals surface area contributed by atoms with Crippen LogP contribution in [0.15, 0.2) is 54.6 Å². The molecule has 3 aromatic carbocycles. The summed E-state index contributed by atoms with van der Waals surface area (Å²) in [6.45, 7) is 0.295. The maximum Gasteiger partial charge on any atom is 0.289 e. The molecule has 2 atom stereocenters. The smallest absolute Gasteiger partial charge is 0.289 e. The van der Waals surface area contributed by atoms with Crippen molar-refractivity contribution < 1.29 is 15.1 Å². The van der Waals surface area contributed by atoms with E-state index in [4.69, 9.17) is 0 Å². The van der Waals surface area contributed by atoms with Crippen LogP contribution in [-0.4, -0.2) is 27.8 Å². The van der Waals surface area contributed by atoms with Crippen molar-refractivity contribution in [3.63, 3.8) is 0 Å². The summed E-state index contributed by atoms with van der Waals surface area (Å²) in [6.07, 6.45) is -1.22. The first-order chi connectivity index (χ1) is 11.1. The average Bonchev–Trinajstić information content (AvgIpc) is 2.56. The molecule has 2 N–H and O–H groups in total. The molecule has 0 aliphatic rings. The number of nitro groups is 1. The minimum absolute atomic E-state index is 0.543. The lowest BCUT2D eigenvalue weighted by molar-refractivity contribution is -0.442. The summed E-state index contributed by atoms with van der Waals surface area (Å²) in [5, 5.41) is 34.0. The number of fused-ring (bicyclic) bond motifs is 2. The molecule has 0 fully saturated rings. The van der Waals surface area contributed by atoms with Gasteiger partial charge in [0.25, 0.3) is 6.54 Å². The van der Waals surface area contributed by atoms with Gasteiger partial charge in [0.15, 0.2) is 0 Å². The highest BCUT2D eigenvalue weighted by molar-refractivity contribution is 5.99. The summed E-state index contributed by atoms with van der Waals surface area (Å²) >= 11 is 0. The maximum absolute atomic E-state index is 10.9. The van der Waals surface area contributed by atoms with Crippen LogP contribution < -0.4 is 0 Å². The van der Waals surface area contributed by atoms with Crippen LogP contribution in [0.25, 0.3) is 21.5 Å². The van der Waals surface area contributed by atoms with E-state index in [0.717, 1.165) is 28.1 Å². The molecule has 0 bridgehead atoms. The third kappa shape index (κ3) is 3.02. The average molecular weight is 310 g/mol. The van der Waals surface area contributed by atoms with Crippen molar-refractivity contribution in [3.05, 3.63) is 76.8 Å². The van der Waals surface area contributed by atoms with Crippen molar-refractivity contribution in [2.24, 2.45) is 0 Å². The first-order valence-corrected chi connectivity index (χ1v) is 7.29. The summed E-state index contributed by atoms with van der Waals surface area (Å²) in [5.74, 6) is -0.875. The quantitative estimate of drug-likeness (QED) is 0.431. The normalized spacial score (nSPS) is 14.0. The third-order valence-electron chi connectivity index (χ3n) is 4.02. The molecule has 0 aromatic heterocycles. The van der Waals surface area contributed by atoms with Crippen molar-refractivity contribution in [1.29, 1.82) is 0 Å². The highest BCUT2D eigenvalue weighted by Gasteiger charge is 2.28. The zero-order chi connectivity index (χ0) is 16.4. The van der Waals surface area contributed by atoms with E-state index < -0.39 is 23.6 Å². The minimum atomic E-state index is -1.22. The number of aliphatic hydroxyl groups is 2. The Labute approximate surface area is 132 Å².